The molecule has 5 heteroatoms. The summed E-state index contributed by atoms with van der Waals surface area (Å²) >= 11 is 0. The SMILES string of the molecule is CCNc1cc(C(=O)N2CC(C)C(N(C)C)C2)ccn1. The first-order valence-electron chi connectivity index (χ1n) is 7.18. The molecular formula is C15H24N4O. The molecule has 2 heterocycles. The van der Waals surface area contributed by atoms with Crippen LogP contribution in [0, 0.1) is 5.92 Å². The van der Waals surface area contributed by atoms with Crippen LogP contribution in [0.25, 0.3) is 0 Å². The summed E-state index contributed by atoms with van der Waals surface area (Å²) in [6.07, 6.45) is 1.69. The number of anilines is 1. The number of likely N-dealkylation sites (tertiary alicyclic amines) is 1. The summed E-state index contributed by atoms with van der Waals surface area (Å²) < 4.78 is 0. The number of nitrogens with one attached hydrogen (secondary N) is 1. The first-order valence-corrected chi connectivity index (χ1v) is 7.18. The molecule has 1 aromatic heterocycles. The van der Waals surface area contributed by atoms with E-state index in [9.17, 15) is 4.79 Å². The molecule has 1 aliphatic heterocycles. The lowest BCUT2D eigenvalue weighted by Crippen LogP contribution is -2.35. The number of carbonyl (C=O) groups excluding carboxylic acids is 1. The molecule has 5 nitrogen and oxygen atoms in total. The van der Waals surface area contributed by atoms with Gasteiger partial charge in [-0.3, -0.25) is 4.79 Å². The van der Waals surface area contributed by atoms with Crippen LogP contribution < -0.4 is 5.32 Å². The molecule has 2 rings (SSSR count). The topological polar surface area (TPSA) is 48.5 Å². The van der Waals surface area contributed by atoms with Gasteiger partial charge in [-0.05, 0) is 39.1 Å². The lowest BCUT2D eigenvalue weighted by atomic mass is 10.1. The highest BCUT2D eigenvalue weighted by molar-refractivity contribution is 5.95. The Morgan fingerprint density at radius 2 is 2.25 bits per heavy atom. The zero-order valence-electron chi connectivity index (χ0n) is 12.8. The summed E-state index contributed by atoms with van der Waals surface area (Å²) in [5.41, 5.74) is 0.711. The van der Waals surface area contributed by atoms with Gasteiger partial charge in [-0.1, -0.05) is 6.92 Å². The van der Waals surface area contributed by atoms with Crippen molar-refractivity contribution in [3.8, 4) is 0 Å². The highest BCUT2D eigenvalue weighted by Gasteiger charge is 2.33. The smallest absolute Gasteiger partial charge is 0.254 e. The van der Waals surface area contributed by atoms with Crippen molar-refractivity contribution in [2.75, 3.05) is 39.0 Å². The van der Waals surface area contributed by atoms with Crippen LogP contribution in [0.4, 0.5) is 5.82 Å². The Labute approximate surface area is 121 Å². The maximum Gasteiger partial charge on any atom is 0.254 e. The van der Waals surface area contributed by atoms with E-state index in [1.165, 1.54) is 0 Å². The van der Waals surface area contributed by atoms with Gasteiger partial charge in [0.15, 0.2) is 0 Å². The molecule has 110 valence electrons. The van der Waals surface area contributed by atoms with Crippen LogP contribution in [-0.4, -0.2) is 60.5 Å². The van der Waals surface area contributed by atoms with E-state index in [-0.39, 0.29) is 5.91 Å². The van der Waals surface area contributed by atoms with Crippen LogP contribution in [0.2, 0.25) is 0 Å². The number of hydrogen-bond acceptors (Lipinski definition) is 4. The number of hydrogen-bond donors (Lipinski definition) is 1. The molecule has 1 fully saturated rings. The largest absolute Gasteiger partial charge is 0.370 e. The van der Waals surface area contributed by atoms with Gasteiger partial charge in [-0.2, -0.15) is 0 Å². The lowest BCUT2D eigenvalue weighted by Gasteiger charge is -2.22. The minimum absolute atomic E-state index is 0.0998. The molecule has 1 saturated heterocycles. The van der Waals surface area contributed by atoms with E-state index in [0.29, 0.717) is 17.5 Å². The minimum atomic E-state index is 0.0998. The number of rotatable bonds is 4. The molecule has 20 heavy (non-hydrogen) atoms. The van der Waals surface area contributed by atoms with Gasteiger partial charge < -0.3 is 15.1 Å². The second kappa shape index (κ2) is 6.22. The van der Waals surface area contributed by atoms with Crippen molar-refractivity contribution >= 4 is 11.7 Å². The summed E-state index contributed by atoms with van der Waals surface area (Å²) in [7, 11) is 4.15. The fourth-order valence-electron chi connectivity index (χ4n) is 2.81. The van der Waals surface area contributed by atoms with E-state index in [2.05, 4.69) is 36.2 Å². The van der Waals surface area contributed by atoms with Crippen LogP contribution in [0.15, 0.2) is 18.3 Å². The molecule has 2 atom stereocenters. The van der Waals surface area contributed by atoms with Crippen molar-refractivity contribution in [3.63, 3.8) is 0 Å². The molecule has 1 aromatic rings. The Hall–Kier alpha value is -1.62. The van der Waals surface area contributed by atoms with Crippen LogP contribution >= 0.6 is 0 Å². The number of nitrogens with zero attached hydrogens (tertiary/aromatic N) is 3. The highest BCUT2D eigenvalue weighted by atomic mass is 16.2. The number of pyridine rings is 1. The molecule has 2 unspecified atom stereocenters. The van der Waals surface area contributed by atoms with Gasteiger partial charge in [0, 0.05) is 37.4 Å². The molecule has 1 aliphatic rings. The monoisotopic (exact) mass is 276 g/mol. The number of aromatic nitrogens is 1. The van der Waals surface area contributed by atoms with E-state index in [1.807, 2.05) is 17.9 Å². The van der Waals surface area contributed by atoms with Gasteiger partial charge in [-0.15, -0.1) is 0 Å². The van der Waals surface area contributed by atoms with Gasteiger partial charge >= 0.3 is 0 Å². The van der Waals surface area contributed by atoms with Gasteiger partial charge in [0.2, 0.25) is 0 Å². The van der Waals surface area contributed by atoms with E-state index < -0.39 is 0 Å². The van der Waals surface area contributed by atoms with Crippen molar-refractivity contribution < 1.29 is 4.79 Å². The third-order valence-corrected chi connectivity index (χ3v) is 3.89. The Bertz CT molecular complexity index is 475. The summed E-state index contributed by atoms with van der Waals surface area (Å²) in [6, 6.07) is 4.06. The van der Waals surface area contributed by atoms with Crippen LogP contribution in [0.5, 0.6) is 0 Å². The van der Waals surface area contributed by atoms with E-state index in [4.69, 9.17) is 0 Å². The Morgan fingerprint density at radius 3 is 2.85 bits per heavy atom. The highest BCUT2D eigenvalue weighted by Crippen LogP contribution is 2.22. The van der Waals surface area contributed by atoms with Crippen LogP contribution in [0.3, 0.4) is 0 Å². The second-order valence-electron chi connectivity index (χ2n) is 5.68. The van der Waals surface area contributed by atoms with Crippen molar-refractivity contribution in [1.82, 2.24) is 14.8 Å². The van der Waals surface area contributed by atoms with Crippen molar-refractivity contribution in [2.24, 2.45) is 5.92 Å². The Kier molecular flexibility index (Phi) is 4.60. The maximum absolute atomic E-state index is 12.6. The molecular weight excluding hydrogens is 252 g/mol. The lowest BCUT2D eigenvalue weighted by molar-refractivity contribution is 0.0781. The predicted octanol–water partition coefficient (Wildman–Crippen LogP) is 1.54. The first kappa shape index (κ1) is 14.8. The Balaban J connectivity index is 2.10. The first-order chi connectivity index (χ1) is 9.52. The summed E-state index contributed by atoms with van der Waals surface area (Å²) in [4.78, 5) is 20.9. The summed E-state index contributed by atoms with van der Waals surface area (Å²) in [5, 5.41) is 3.14. The molecule has 0 spiro atoms. The third-order valence-electron chi connectivity index (χ3n) is 3.89. The fourth-order valence-corrected chi connectivity index (χ4v) is 2.81. The van der Waals surface area contributed by atoms with Crippen molar-refractivity contribution in [1.29, 1.82) is 0 Å². The second-order valence-corrected chi connectivity index (χ2v) is 5.68. The average Bonchev–Trinajstić information content (AvgIpc) is 2.81. The van der Waals surface area contributed by atoms with E-state index in [0.717, 1.165) is 25.5 Å². The molecule has 0 saturated carbocycles. The summed E-state index contributed by atoms with van der Waals surface area (Å²) in [6.45, 7) is 6.63. The molecule has 0 radical (unpaired) electrons. The van der Waals surface area contributed by atoms with Gasteiger partial charge in [0.05, 0.1) is 0 Å². The number of amides is 1. The van der Waals surface area contributed by atoms with Gasteiger partial charge in [0.1, 0.15) is 5.82 Å². The predicted molar refractivity (Wildman–Crippen MR) is 80.9 cm³/mol. The Morgan fingerprint density at radius 1 is 1.50 bits per heavy atom. The van der Waals surface area contributed by atoms with Gasteiger partial charge in [0.25, 0.3) is 5.91 Å². The van der Waals surface area contributed by atoms with Crippen molar-refractivity contribution in [2.45, 2.75) is 19.9 Å². The summed E-state index contributed by atoms with van der Waals surface area (Å²) in [5.74, 6) is 1.36. The maximum atomic E-state index is 12.6. The van der Waals surface area contributed by atoms with Gasteiger partial charge in [-0.25, -0.2) is 4.98 Å². The fraction of sp³-hybridized carbons (Fsp3) is 0.600. The standard InChI is InChI=1S/C15H24N4O/c1-5-16-14-8-12(6-7-17-14)15(20)19-9-11(2)13(10-19)18(3)4/h6-8,11,13H,5,9-10H2,1-4H3,(H,16,17). The minimum Gasteiger partial charge on any atom is -0.370 e. The van der Waals surface area contributed by atoms with Crippen molar-refractivity contribution in [3.05, 3.63) is 23.9 Å². The van der Waals surface area contributed by atoms with E-state index in [1.54, 1.807) is 12.3 Å². The molecule has 0 aromatic carbocycles. The molecule has 1 N–H and O–H groups in total. The molecule has 1 amide bonds. The van der Waals surface area contributed by atoms with E-state index >= 15 is 0 Å². The van der Waals surface area contributed by atoms with Crippen LogP contribution in [0.1, 0.15) is 24.2 Å². The zero-order chi connectivity index (χ0) is 14.7. The normalized spacial score (nSPS) is 22.4. The van der Waals surface area contributed by atoms with Crippen LogP contribution in [-0.2, 0) is 0 Å². The average molecular weight is 276 g/mol. The quantitative estimate of drug-likeness (QED) is 0.906. The third kappa shape index (κ3) is 3.10. The molecule has 0 bridgehead atoms. The number of carbonyl (C=O) groups is 1. The molecule has 0 aliphatic carbocycles. The zero-order valence-corrected chi connectivity index (χ0v) is 12.8. The number of likely N-dealkylation sites (N-methyl/N-ethyl adjacent to an activating group) is 1.